The molecule has 1 atom stereocenters. The van der Waals surface area contributed by atoms with E-state index in [1.54, 1.807) is 18.2 Å². The topological polar surface area (TPSA) is 35.6 Å². The molecule has 4 rings (SSSR count). The van der Waals surface area contributed by atoms with Crippen LogP contribution in [0.4, 0.5) is 10.1 Å². The molecule has 0 bridgehead atoms. The van der Waals surface area contributed by atoms with E-state index in [4.69, 9.17) is 11.6 Å². The maximum absolute atomic E-state index is 13.2. The van der Waals surface area contributed by atoms with Crippen molar-refractivity contribution >= 4 is 23.2 Å². The Morgan fingerprint density at radius 1 is 1.06 bits per heavy atom. The number of hydrogen-bond acceptors (Lipinski definition) is 3. The number of hydrogen-bond donors (Lipinski definition) is 1. The van der Waals surface area contributed by atoms with Gasteiger partial charge in [-0.25, -0.2) is 4.39 Å². The van der Waals surface area contributed by atoms with Gasteiger partial charge in [-0.15, -0.1) is 0 Å². The van der Waals surface area contributed by atoms with Gasteiger partial charge in [-0.05, 0) is 66.9 Å². The van der Waals surface area contributed by atoms with Crippen LogP contribution < -0.4 is 10.2 Å². The summed E-state index contributed by atoms with van der Waals surface area (Å²) in [5.41, 5.74) is 4.74. The molecule has 0 aromatic heterocycles. The van der Waals surface area contributed by atoms with Crippen LogP contribution >= 0.6 is 11.6 Å². The number of carbonyl (C=O) groups is 1. The first kappa shape index (κ1) is 23.3. The van der Waals surface area contributed by atoms with Gasteiger partial charge >= 0.3 is 0 Å². The summed E-state index contributed by atoms with van der Waals surface area (Å²) in [6, 6.07) is 20.8. The van der Waals surface area contributed by atoms with Crippen LogP contribution in [-0.2, 0) is 13.1 Å². The monoisotopic (exact) mass is 465 g/mol. The van der Waals surface area contributed by atoms with Crippen LogP contribution in [0.2, 0.25) is 5.02 Å². The maximum atomic E-state index is 13.2. The van der Waals surface area contributed by atoms with Crippen molar-refractivity contribution in [3.05, 3.63) is 99.8 Å². The first-order valence-electron chi connectivity index (χ1n) is 11.3. The van der Waals surface area contributed by atoms with Crippen molar-refractivity contribution in [1.29, 1.82) is 0 Å². The summed E-state index contributed by atoms with van der Waals surface area (Å²) in [6.45, 7) is 8.14. The summed E-state index contributed by atoms with van der Waals surface area (Å²) >= 11 is 6.15. The minimum Gasteiger partial charge on any atom is -0.369 e. The molecule has 0 saturated carbocycles. The number of benzene rings is 3. The van der Waals surface area contributed by atoms with Crippen LogP contribution in [0.5, 0.6) is 0 Å². The van der Waals surface area contributed by atoms with Crippen LogP contribution in [0, 0.1) is 12.7 Å². The Balaban J connectivity index is 1.35. The van der Waals surface area contributed by atoms with Crippen LogP contribution in [0.15, 0.2) is 66.7 Å². The molecule has 6 heteroatoms. The lowest BCUT2D eigenvalue weighted by molar-refractivity contribution is 0.0950. The Labute approximate surface area is 200 Å². The molecule has 1 unspecified atom stereocenters. The predicted molar refractivity (Wildman–Crippen MR) is 132 cm³/mol. The Kier molecular flexibility index (Phi) is 7.31. The number of amides is 1. The second kappa shape index (κ2) is 10.4. The summed E-state index contributed by atoms with van der Waals surface area (Å²) in [7, 11) is 0. The molecule has 172 valence electrons. The lowest BCUT2D eigenvalue weighted by Gasteiger charge is -2.41. The van der Waals surface area contributed by atoms with E-state index in [1.165, 1.54) is 12.1 Å². The highest BCUT2D eigenvalue weighted by atomic mass is 35.5. The fourth-order valence-electron chi connectivity index (χ4n) is 4.28. The van der Waals surface area contributed by atoms with Gasteiger partial charge < -0.3 is 10.2 Å². The number of nitrogens with zero attached hydrogens (tertiary/aromatic N) is 2. The predicted octanol–water partition coefficient (Wildman–Crippen LogP) is 5.43. The minimum absolute atomic E-state index is 0.122. The third-order valence-corrected chi connectivity index (χ3v) is 6.71. The van der Waals surface area contributed by atoms with E-state index in [1.807, 2.05) is 31.2 Å². The van der Waals surface area contributed by atoms with E-state index in [2.05, 4.69) is 34.2 Å². The zero-order chi connectivity index (χ0) is 23.4. The first-order valence-corrected chi connectivity index (χ1v) is 11.6. The van der Waals surface area contributed by atoms with Gasteiger partial charge in [0.25, 0.3) is 5.91 Å². The highest BCUT2D eigenvalue weighted by molar-refractivity contribution is 6.31. The summed E-state index contributed by atoms with van der Waals surface area (Å²) in [6.07, 6.45) is 0. The number of piperazine rings is 1. The number of rotatable bonds is 6. The molecule has 1 fully saturated rings. The quantitative estimate of drug-likeness (QED) is 0.527. The summed E-state index contributed by atoms with van der Waals surface area (Å²) in [4.78, 5) is 17.4. The Hall–Kier alpha value is -2.89. The van der Waals surface area contributed by atoms with Gasteiger partial charge in [0.1, 0.15) is 5.82 Å². The average molecular weight is 466 g/mol. The van der Waals surface area contributed by atoms with Crippen molar-refractivity contribution in [1.82, 2.24) is 10.2 Å². The second-order valence-corrected chi connectivity index (χ2v) is 9.06. The summed E-state index contributed by atoms with van der Waals surface area (Å²) in [5, 5.41) is 3.60. The van der Waals surface area contributed by atoms with Crippen molar-refractivity contribution in [2.45, 2.75) is 33.0 Å². The van der Waals surface area contributed by atoms with Gasteiger partial charge in [-0.1, -0.05) is 41.9 Å². The standard InChI is InChI=1S/C27H29ClFN3O/c1-19-17-32(14-13-31(19)18-21-9-11-23(29)12-10-21)24-6-3-5-22(15-24)16-30-27(33)25-7-4-8-26(28)20(25)2/h3-12,15,19H,13-14,16-18H2,1-2H3,(H,30,33). The maximum Gasteiger partial charge on any atom is 0.251 e. The van der Waals surface area contributed by atoms with Gasteiger partial charge in [0.15, 0.2) is 0 Å². The van der Waals surface area contributed by atoms with E-state index in [9.17, 15) is 9.18 Å². The van der Waals surface area contributed by atoms with Crippen molar-refractivity contribution in [3.8, 4) is 0 Å². The third-order valence-electron chi connectivity index (χ3n) is 6.31. The van der Waals surface area contributed by atoms with Crippen molar-refractivity contribution in [2.24, 2.45) is 0 Å². The second-order valence-electron chi connectivity index (χ2n) is 8.66. The van der Waals surface area contributed by atoms with E-state index in [-0.39, 0.29) is 11.7 Å². The summed E-state index contributed by atoms with van der Waals surface area (Å²) in [5.74, 6) is -0.321. The molecule has 3 aromatic rings. The number of nitrogens with one attached hydrogen (secondary N) is 1. The van der Waals surface area contributed by atoms with Gasteiger partial charge in [-0.2, -0.15) is 0 Å². The molecule has 33 heavy (non-hydrogen) atoms. The van der Waals surface area contributed by atoms with E-state index in [0.717, 1.165) is 48.6 Å². The van der Waals surface area contributed by atoms with Crippen LogP contribution in [-0.4, -0.2) is 36.5 Å². The Morgan fingerprint density at radius 2 is 1.82 bits per heavy atom. The molecule has 1 saturated heterocycles. The smallest absolute Gasteiger partial charge is 0.251 e. The fraction of sp³-hybridized carbons (Fsp3) is 0.296. The molecule has 1 aliphatic heterocycles. The highest BCUT2D eigenvalue weighted by Crippen LogP contribution is 2.23. The lowest BCUT2D eigenvalue weighted by atomic mass is 10.1. The molecule has 1 aliphatic rings. The molecular formula is C27H29ClFN3O. The number of anilines is 1. The molecule has 4 nitrogen and oxygen atoms in total. The van der Waals surface area contributed by atoms with E-state index >= 15 is 0 Å². The summed E-state index contributed by atoms with van der Waals surface area (Å²) < 4.78 is 13.2. The van der Waals surface area contributed by atoms with Crippen molar-refractivity contribution in [2.75, 3.05) is 24.5 Å². The van der Waals surface area contributed by atoms with E-state index in [0.29, 0.717) is 23.2 Å². The van der Waals surface area contributed by atoms with Gasteiger partial charge in [0.2, 0.25) is 0 Å². The van der Waals surface area contributed by atoms with Crippen molar-refractivity contribution < 1.29 is 9.18 Å². The average Bonchev–Trinajstić information content (AvgIpc) is 2.82. The van der Waals surface area contributed by atoms with Crippen molar-refractivity contribution in [3.63, 3.8) is 0 Å². The Morgan fingerprint density at radius 3 is 2.58 bits per heavy atom. The highest BCUT2D eigenvalue weighted by Gasteiger charge is 2.24. The third kappa shape index (κ3) is 5.73. The largest absolute Gasteiger partial charge is 0.369 e. The van der Waals surface area contributed by atoms with Crippen LogP contribution in [0.1, 0.15) is 34.0 Å². The molecular weight excluding hydrogens is 437 g/mol. The van der Waals surface area contributed by atoms with Gasteiger partial charge in [0.05, 0.1) is 0 Å². The zero-order valence-corrected chi connectivity index (χ0v) is 19.8. The Bertz CT molecular complexity index is 1120. The van der Waals surface area contributed by atoms with E-state index < -0.39 is 0 Å². The molecule has 0 aliphatic carbocycles. The molecule has 1 heterocycles. The first-order chi connectivity index (χ1) is 15.9. The molecule has 1 N–H and O–H groups in total. The zero-order valence-electron chi connectivity index (χ0n) is 19.0. The van der Waals surface area contributed by atoms with Crippen LogP contribution in [0.25, 0.3) is 0 Å². The number of halogens is 2. The van der Waals surface area contributed by atoms with Crippen LogP contribution in [0.3, 0.4) is 0 Å². The molecule has 0 spiro atoms. The normalized spacial score (nSPS) is 16.6. The van der Waals surface area contributed by atoms with Gasteiger partial charge in [0, 0.05) is 55.0 Å². The molecule has 3 aromatic carbocycles. The minimum atomic E-state index is -0.199. The molecule has 1 amide bonds. The SMILES string of the molecule is Cc1c(Cl)cccc1C(=O)NCc1cccc(N2CCN(Cc3ccc(F)cc3)C(C)C2)c1. The lowest BCUT2D eigenvalue weighted by Crippen LogP contribution is -2.51. The molecule has 0 radical (unpaired) electrons. The van der Waals surface area contributed by atoms with Gasteiger partial charge in [-0.3, -0.25) is 9.69 Å². The fourth-order valence-corrected chi connectivity index (χ4v) is 4.46. The number of carbonyl (C=O) groups excluding carboxylic acids is 1.